The summed E-state index contributed by atoms with van der Waals surface area (Å²) < 4.78 is 29.5. The minimum Gasteiger partial charge on any atom is -0.434 e. The van der Waals surface area contributed by atoms with Crippen molar-refractivity contribution in [1.82, 2.24) is 15.1 Å². The van der Waals surface area contributed by atoms with Gasteiger partial charge in [0.05, 0.1) is 6.54 Å². The molecular formula is C17H24F2N4O2. The standard InChI is InChI=1S/C17H24F2N4O2/c1-3-20-17(23-10-8-22(9-11-23)13(2)24)21-12-14-6-4-5-7-15(14)25-16(18)19/h4-7,16H,3,8-12H2,1-2H3,(H,20,21). The average Bonchev–Trinajstić information content (AvgIpc) is 2.59. The number of guanidine groups is 1. The Bertz CT molecular complexity index is 602. The molecule has 1 saturated heterocycles. The number of halogens is 2. The maximum atomic E-state index is 12.5. The summed E-state index contributed by atoms with van der Waals surface area (Å²) in [6, 6.07) is 6.65. The molecule has 0 aliphatic carbocycles. The molecule has 0 radical (unpaired) electrons. The van der Waals surface area contributed by atoms with Gasteiger partial charge in [0.2, 0.25) is 5.91 Å². The predicted molar refractivity (Wildman–Crippen MR) is 91.7 cm³/mol. The van der Waals surface area contributed by atoms with Crippen LogP contribution < -0.4 is 10.1 Å². The van der Waals surface area contributed by atoms with Crippen molar-refractivity contribution < 1.29 is 18.3 Å². The van der Waals surface area contributed by atoms with Crippen molar-refractivity contribution in [2.45, 2.75) is 27.0 Å². The number of nitrogens with zero attached hydrogens (tertiary/aromatic N) is 3. The van der Waals surface area contributed by atoms with Crippen molar-refractivity contribution in [3.63, 3.8) is 0 Å². The van der Waals surface area contributed by atoms with E-state index in [1.54, 1.807) is 30.0 Å². The molecule has 1 aliphatic heterocycles. The van der Waals surface area contributed by atoms with Crippen LogP contribution in [-0.4, -0.2) is 61.0 Å². The number of para-hydroxylation sites is 1. The molecular weight excluding hydrogens is 330 g/mol. The van der Waals surface area contributed by atoms with Gasteiger partial charge in [0.15, 0.2) is 5.96 Å². The van der Waals surface area contributed by atoms with E-state index in [-0.39, 0.29) is 18.2 Å². The summed E-state index contributed by atoms with van der Waals surface area (Å²) in [5, 5.41) is 3.21. The first-order chi connectivity index (χ1) is 12.0. The number of piperazine rings is 1. The van der Waals surface area contributed by atoms with Gasteiger partial charge in [-0.15, -0.1) is 0 Å². The molecule has 1 aliphatic rings. The topological polar surface area (TPSA) is 57.2 Å². The first-order valence-corrected chi connectivity index (χ1v) is 8.32. The fraction of sp³-hybridized carbons (Fsp3) is 0.529. The van der Waals surface area contributed by atoms with Crippen LogP contribution in [0.1, 0.15) is 19.4 Å². The first-order valence-electron chi connectivity index (χ1n) is 8.32. The van der Waals surface area contributed by atoms with Gasteiger partial charge in [-0.25, -0.2) is 4.99 Å². The Hall–Kier alpha value is -2.38. The number of hydrogen-bond acceptors (Lipinski definition) is 3. The Morgan fingerprint density at radius 3 is 2.48 bits per heavy atom. The zero-order valence-corrected chi connectivity index (χ0v) is 14.5. The Balaban J connectivity index is 2.07. The molecule has 25 heavy (non-hydrogen) atoms. The number of hydrogen-bond donors (Lipinski definition) is 1. The summed E-state index contributed by atoms with van der Waals surface area (Å²) in [4.78, 5) is 19.8. The summed E-state index contributed by atoms with van der Waals surface area (Å²) in [6.45, 7) is 4.25. The zero-order valence-electron chi connectivity index (χ0n) is 14.5. The van der Waals surface area contributed by atoms with Crippen LogP contribution in [0.15, 0.2) is 29.3 Å². The summed E-state index contributed by atoms with van der Waals surface area (Å²) in [7, 11) is 0. The van der Waals surface area contributed by atoms with Gasteiger partial charge < -0.3 is 19.9 Å². The summed E-state index contributed by atoms with van der Waals surface area (Å²) in [6.07, 6.45) is 0. The fourth-order valence-electron chi connectivity index (χ4n) is 2.66. The van der Waals surface area contributed by atoms with Crippen LogP contribution >= 0.6 is 0 Å². The van der Waals surface area contributed by atoms with Crippen LogP contribution in [0.2, 0.25) is 0 Å². The number of alkyl halides is 2. The van der Waals surface area contributed by atoms with Crippen LogP contribution in [0.4, 0.5) is 8.78 Å². The van der Waals surface area contributed by atoms with E-state index in [0.29, 0.717) is 44.2 Å². The van der Waals surface area contributed by atoms with E-state index in [9.17, 15) is 13.6 Å². The van der Waals surface area contributed by atoms with E-state index in [1.807, 2.05) is 6.92 Å². The normalized spacial score (nSPS) is 15.5. The van der Waals surface area contributed by atoms with Crippen molar-refractivity contribution in [3.8, 4) is 5.75 Å². The van der Waals surface area contributed by atoms with E-state index in [0.717, 1.165) is 0 Å². The molecule has 138 valence electrons. The molecule has 1 heterocycles. The van der Waals surface area contributed by atoms with E-state index in [1.165, 1.54) is 6.07 Å². The van der Waals surface area contributed by atoms with Crippen molar-refractivity contribution in [1.29, 1.82) is 0 Å². The van der Waals surface area contributed by atoms with Crippen LogP contribution in [0.3, 0.4) is 0 Å². The molecule has 1 N–H and O–H groups in total. The lowest BCUT2D eigenvalue weighted by atomic mass is 10.2. The van der Waals surface area contributed by atoms with Gasteiger partial charge in [0.1, 0.15) is 5.75 Å². The molecule has 0 unspecified atom stereocenters. The molecule has 1 fully saturated rings. The number of aliphatic imine (C=N–C) groups is 1. The Labute approximate surface area is 146 Å². The molecule has 8 heteroatoms. The Kier molecular flexibility index (Phi) is 6.97. The summed E-state index contributed by atoms with van der Waals surface area (Å²) in [5.41, 5.74) is 0.598. The number of nitrogens with one attached hydrogen (secondary N) is 1. The lowest BCUT2D eigenvalue weighted by molar-refractivity contribution is -0.130. The van der Waals surface area contributed by atoms with Gasteiger partial charge in [-0.3, -0.25) is 4.79 Å². The quantitative estimate of drug-likeness (QED) is 0.648. The highest BCUT2D eigenvalue weighted by Crippen LogP contribution is 2.21. The van der Waals surface area contributed by atoms with Gasteiger partial charge >= 0.3 is 6.61 Å². The highest BCUT2D eigenvalue weighted by molar-refractivity contribution is 5.80. The molecule has 6 nitrogen and oxygen atoms in total. The number of benzene rings is 1. The highest BCUT2D eigenvalue weighted by atomic mass is 19.3. The molecule has 0 bridgehead atoms. The van der Waals surface area contributed by atoms with E-state index in [4.69, 9.17) is 0 Å². The first kappa shape index (κ1) is 19.0. The Morgan fingerprint density at radius 1 is 1.24 bits per heavy atom. The second-order valence-corrected chi connectivity index (χ2v) is 5.65. The van der Waals surface area contributed by atoms with E-state index >= 15 is 0 Å². The highest BCUT2D eigenvalue weighted by Gasteiger charge is 2.21. The third kappa shape index (κ3) is 5.58. The molecule has 2 rings (SSSR count). The maximum absolute atomic E-state index is 12.5. The third-order valence-electron chi connectivity index (χ3n) is 3.95. The van der Waals surface area contributed by atoms with Crippen LogP contribution in [0.25, 0.3) is 0 Å². The van der Waals surface area contributed by atoms with Crippen LogP contribution in [0, 0.1) is 0 Å². The summed E-state index contributed by atoms with van der Waals surface area (Å²) >= 11 is 0. The second-order valence-electron chi connectivity index (χ2n) is 5.65. The number of amides is 1. The van der Waals surface area contributed by atoms with Crippen molar-refractivity contribution in [2.75, 3.05) is 32.7 Å². The second kappa shape index (κ2) is 9.19. The van der Waals surface area contributed by atoms with E-state index < -0.39 is 6.61 Å². The average molecular weight is 354 g/mol. The van der Waals surface area contributed by atoms with Crippen LogP contribution in [0.5, 0.6) is 5.75 Å². The van der Waals surface area contributed by atoms with Crippen molar-refractivity contribution in [3.05, 3.63) is 29.8 Å². The fourth-order valence-corrected chi connectivity index (χ4v) is 2.66. The van der Waals surface area contributed by atoms with Gasteiger partial charge in [0, 0.05) is 45.2 Å². The largest absolute Gasteiger partial charge is 0.434 e. The summed E-state index contributed by atoms with van der Waals surface area (Å²) in [5.74, 6) is 0.913. The molecule has 1 aromatic rings. The number of ether oxygens (including phenoxy) is 1. The molecule has 0 atom stereocenters. The molecule has 0 spiro atoms. The molecule has 1 aromatic carbocycles. The van der Waals surface area contributed by atoms with Gasteiger partial charge in [-0.05, 0) is 13.0 Å². The minimum absolute atomic E-state index is 0.0691. The van der Waals surface area contributed by atoms with Gasteiger partial charge in [0.25, 0.3) is 0 Å². The lowest BCUT2D eigenvalue weighted by Crippen LogP contribution is -2.53. The monoisotopic (exact) mass is 354 g/mol. The molecule has 0 aromatic heterocycles. The third-order valence-corrected chi connectivity index (χ3v) is 3.95. The van der Waals surface area contributed by atoms with Crippen molar-refractivity contribution in [2.24, 2.45) is 4.99 Å². The number of carbonyl (C=O) groups excluding carboxylic acids is 1. The Morgan fingerprint density at radius 2 is 1.88 bits per heavy atom. The van der Waals surface area contributed by atoms with Crippen molar-refractivity contribution >= 4 is 11.9 Å². The zero-order chi connectivity index (χ0) is 18.2. The number of rotatable bonds is 5. The van der Waals surface area contributed by atoms with Crippen LogP contribution in [-0.2, 0) is 11.3 Å². The maximum Gasteiger partial charge on any atom is 0.387 e. The smallest absolute Gasteiger partial charge is 0.387 e. The number of carbonyl (C=O) groups is 1. The molecule has 1 amide bonds. The SMILES string of the molecule is CCNC(=NCc1ccccc1OC(F)F)N1CCN(C(C)=O)CC1. The van der Waals surface area contributed by atoms with Gasteiger partial charge in [-0.1, -0.05) is 18.2 Å². The van der Waals surface area contributed by atoms with Gasteiger partial charge in [-0.2, -0.15) is 8.78 Å². The molecule has 0 saturated carbocycles. The predicted octanol–water partition coefficient (Wildman–Crippen LogP) is 1.92. The van der Waals surface area contributed by atoms with E-state index in [2.05, 4.69) is 19.9 Å². The minimum atomic E-state index is -2.86. The lowest BCUT2D eigenvalue weighted by Gasteiger charge is -2.36.